The molecule has 0 radical (unpaired) electrons. The van der Waals surface area contributed by atoms with E-state index in [1.807, 2.05) is 31.2 Å². The van der Waals surface area contributed by atoms with Crippen molar-refractivity contribution in [3.05, 3.63) is 29.8 Å². The van der Waals surface area contributed by atoms with Crippen molar-refractivity contribution in [3.63, 3.8) is 0 Å². The van der Waals surface area contributed by atoms with Crippen LogP contribution in [0.5, 0.6) is 0 Å². The molecule has 4 nitrogen and oxygen atoms in total. The minimum Gasteiger partial charge on any atom is -0.365 e. The number of benzene rings is 1. The molecule has 4 heteroatoms. The Kier molecular flexibility index (Phi) is 4.56. The predicted octanol–water partition coefficient (Wildman–Crippen LogP) is 2.30. The average molecular weight is 262 g/mol. The Morgan fingerprint density at radius 1 is 1.37 bits per heavy atom. The van der Waals surface area contributed by atoms with Crippen molar-refractivity contribution in [2.24, 2.45) is 0 Å². The summed E-state index contributed by atoms with van der Waals surface area (Å²) in [6, 6.07) is 7.91. The maximum absolute atomic E-state index is 12.1. The minimum absolute atomic E-state index is 0.0515. The first kappa shape index (κ1) is 14.0. The SMILES string of the molecule is CCNCc1ccc(NC(=O)C2(C)CCCO2)cc1. The number of anilines is 1. The lowest BCUT2D eigenvalue weighted by atomic mass is 10.0. The maximum Gasteiger partial charge on any atom is 0.256 e. The van der Waals surface area contributed by atoms with Crippen LogP contribution in [0.1, 0.15) is 32.3 Å². The third-order valence-corrected chi connectivity index (χ3v) is 3.49. The molecule has 1 amide bonds. The van der Waals surface area contributed by atoms with Crippen LogP contribution in [0.25, 0.3) is 0 Å². The molecule has 2 rings (SSSR count). The van der Waals surface area contributed by atoms with Crippen LogP contribution in [-0.2, 0) is 16.1 Å². The lowest BCUT2D eigenvalue weighted by molar-refractivity contribution is -0.133. The van der Waals surface area contributed by atoms with Gasteiger partial charge in [0, 0.05) is 18.8 Å². The fourth-order valence-electron chi connectivity index (χ4n) is 2.20. The normalized spacial score (nSPS) is 22.4. The molecule has 0 saturated carbocycles. The van der Waals surface area contributed by atoms with E-state index in [2.05, 4.69) is 17.6 Å². The first-order valence-electron chi connectivity index (χ1n) is 6.89. The van der Waals surface area contributed by atoms with Gasteiger partial charge in [0.05, 0.1) is 0 Å². The maximum atomic E-state index is 12.1. The molecule has 0 spiro atoms. The van der Waals surface area contributed by atoms with Gasteiger partial charge in [-0.2, -0.15) is 0 Å². The van der Waals surface area contributed by atoms with Gasteiger partial charge in [-0.1, -0.05) is 19.1 Å². The fraction of sp³-hybridized carbons (Fsp3) is 0.533. The summed E-state index contributed by atoms with van der Waals surface area (Å²) in [7, 11) is 0. The number of hydrogen-bond donors (Lipinski definition) is 2. The Morgan fingerprint density at radius 3 is 2.68 bits per heavy atom. The summed E-state index contributed by atoms with van der Waals surface area (Å²) in [4.78, 5) is 12.1. The molecule has 2 N–H and O–H groups in total. The molecular weight excluding hydrogens is 240 g/mol. The third-order valence-electron chi connectivity index (χ3n) is 3.49. The van der Waals surface area contributed by atoms with Gasteiger partial charge in [0.25, 0.3) is 5.91 Å². The number of amides is 1. The van der Waals surface area contributed by atoms with Crippen LogP contribution in [-0.4, -0.2) is 24.7 Å². The summed E-state index contributed by atoms with van der Waals surface area (Å²) < 4.78 is 5.53. The number of ether oxygens (including phenoxy) is 1. The van der Waals surface area contributed by atoms with Crippen molar-refractivity contribution in [1.29, 1.82) is 0 Å². The van der Waals surface area contributed by atoms with Gasteiger partial charge in [-0.3, -0.25) is 4.79 Å². The van der Waals surface area contributed by atoms with E-state index in [0.717, 1.165) is 31.6 Å². The number of carbonyl (C=O) groups excluding carboxylic acids is 1. The van der Waals surface area contributed by atoms with Gasteiger partial charge in [0.1, 0.15) is 5.60 Å². The quantitative estimate of drug-likeness (QED) is 0.856. The summed E-state index contributed by atoms with van der Waals surface area (Å²) in [5, 5.41) is 6.19. The second-order valence-corrected chi connectivity index (χ2v) is 5.11. The summed E-state index contributed by atoms with van der Waals surface area (Å²) in [5.74, 6) is -0.0515. The zero-order valence-electron chi connectivity index (χ0n) is 11.7. The van der Waals surface area contributed by atoms with E-state index in [4.69, 9.17) is 4.74 Å². The van der Waals surface area contributed by atoms with Gasteiger partial charge >= 0.3 is 0 Å². The van der Waals surface area contributed by atoms with E-state index in [1.165, 1.54) is 5.56 Å². The van der Waals surface area contributed by atoms with Crippen molar-refractivity contribution in [2.45, 2.75) is 38.8 Å². The van der Waals surface area contributed by atoms with Crippen molar-refractivity contribution in [3.8, 4) is 0 Å². The highest BCUT2D eigenvalue weighted by atomic mass is 16.5. The van der Waals surface area contributed by atoms with Crippen LogP contribution >= 0.6 is 0 Å². The van der Waals surface area contributed by atoms with Gasteiger partial charge < -0.3 is 15.4 Å². The molecule has 0 bridgehead atoms. The Morgan fingerprint density at radius 2 is 2.11 bits per heavy atom. The minimum atomic E-state index is -0.664. The van der Waals surface area contributed by atoms with E-state index >= 15 is 0 Å². The van der Waals surface area contributed by atoms with Gasteiger partial charge in [0.15, 0.2) is 0 Å². The molecule has 1 fully saturated rings. The standard InChI is InChI=1S/C15H22N2O2/c1-3-16-11-12-5-7-13(8-6-12)17-14(18)15(2)9-4-10-19-15/h5-8,16H,3-4,9-11H2,1-2H3,(H,17,18). The molecule has 1 aliphatic heterocycles. The van der Waals surface area contributed by atoms with Crippen LogP contribution in [0.2, 0.25) is 0 Å². The van der Waals surface area contributed by atoms with E-state index < -0.39 is 5.60 Å². The second kappa shape index (κ2) is 6.17. The Labute approximate surface area is 114 Å². The van der Waals surface area contributed by atoms with Crippen molar-refractivity contribution in [2.75, 3.05) is 18.5 Å². The summed E-state index contributed by atoms with van der Waals surface area (Å²) in [6.07, 6.45) is 1.74. The fourth-order valence-corrected chi connectivity index (χ4v) is 2.20. The van der Waals surface area contributed by atoms with Gasteiger partial charge in [-0.05, 0) is 44.0 Å². The van der Waals surface area contributed by atoms with Gasteiger partial charge in [-0.25, -0.2) is 0 Å². The first-order valence-corrected chi connectivity index (χ1v) is 6.89. The van der Waals surface area contributed by atoms with Gasteiger partial charge in [-0.15, -0.1) is 0 Å². The third kappa shape index (κ3) is 3.55. The largest absolute Gasteiger partial charge is 0.365 e. The van der Waals surface area contributed by atoms with Crippen LogP contribution in [0.15, 0.2) is 24.3 Å². The molecule has 1 aliphatic rings. The van der Waals surface area contributed by atoms with Crippen LogP contribution in [0.4, 0.5) is 5.69 Å². The summed E-state index contributed by atoms with van der Waals surface area (Å²) >= 11 is 0. The molecule has 1 aromatic rings. The highest BCUT2D eigenvalue weighted by Gasteiger charge is 2.37. The molecule has 104 valence electrons. The lowest BCUT2D eigenvalue weighted by Gasteiger charge is -2.21. The smallest absolute Gasteiger partial charge is 0.256 e. The average Bonchev–Trinajstić information content (AvgIpc) is 2.86. The molecule has 0 aromatic heterocycles. The molecule has 19 heavy (non-hydrogen) atoms. The van der Waals surface area contributed by atoms with E-state index in [1.54, 1.807) is 0 Å². The Balaban J connectivity index is 1.93. The molecular formula is C15H22N2O2. The lowest BCUT2D eigenvalue weighted by Crippen LogP contribution is -2.39. The van der Waals surface area contributed by atoms with Crippen molar-refractivity contribution in [1.82, 2.24) is 5.32 Å². The molecule has 0 aliphatic carbocycles. The van der Waals surface area contributed by atoms with Crippen LogP contribution in [0, 0.1) is 0 Å². The van der Waals surface area contributed by atoms with Gasteiger partial charge in [0.2, 0.25) is 0 Å². The highest BCUT2D eigenvalue weighted by molar-refractivity contribution is 5.97. The molecule has 1 atom stereocenters. The molecule has 1 heterocycles. The van der Waals surface area contributed by atoms with Crippen molar-refractivity contribution < 1.29 is 9.53 Å². The molecule has 1 aromatic carbocycles. The second-order valence-electron chi connectivity index (χ2n) is 5.11. The molecule has 1 saturated heterocycles. The zero-order chi connectivity index (χ0) is 13.7. The first-order chi connectivity index (χ1) is 9.14. The topological polar surface area (TPSA) is 50.4 Å². The number of carbonyl (C=O) groups is 1. The van der Waals surface area contributed by atoms with E-state index in [-0.39, 0.29) is 5.91 Å². The van der Waals surface area contributed by atoms with E-state index in [9.17, 15) is 4.79 Å². The number of hydrogen-bond acceptors (Lipinski definition) is 3. The van der Waals surface area contributed by atoms with Crippen LogP contribution in [0.3, 0.4) is 0 Å². The number of rotatable bonds is 5. The highest BCUT2D eigenvalue weighted by Crippen LogP contribution is 2.26. The Hall–Kier alpha value is -1.39. The number of nitrogens with one attached hydrogen (secondary N) is 2. The summed E-state index contributed by atoms with van der Waals surface area (Å²) in [5.41, 5.74) is 1.37. The molecule has 1 unspecified atom stereocenters. The monoisotopic (exact) mass is 262 g/mol. The van der Waals surface area contributed by atoms with E-state index in [0.29, 0.717) is 6.61 Å². The van der Waals surface area contributed by atoms with Crippen LogP contribution < -0.4 is 10.6 Å². The Bertz CT molecular complexity index is 422. The zero-order valence-corrected chi connectivity index (χ0v) is 11.7. The predicted molar refractivity (Wildman–Crippen MR) is 76.0 cm³/mol. The van der Waals surface area contributed by atoms with Crippen molar-refractivity contribution >= 4 is 11.6 Å². The summed E-state index contributed by atoms with van der Waals surface area (Å²) in [6.45, 7) is 6.41.